The van der Waals surface area contributed by atoms with E-state index in [-0.39, 0.29) is 19.1 Å². The molecule has 0 aliphatic heterocycles. The number of amides is 1. The molecule has 2 N–H and O–H groups in total. The van der Waals surface area contributed by atoms with Gasteiger partial charge in [-0.25, -0.2) is 4.98 Å². The van der Waals surface area contributed by atoms with Crippen LogP contribution in [0.4, 0.5) is 0 Å². The number of aryl methyl sites for hydroxylation is 1. The Morgan fingerprint density at radius 1 is 1.42 bits per heavy atom. The average molecular weight is 261 g/mol. The van der Waals surface area contributed by atoms with E-state index in [0.29, 0.717) is 0 Å². The van der Waals surface area contributed by atoms with Crippen molar-refractivity contribution in [1.82, 2.24) is 14.9 Å². The summed E-state index contributed by atoms with van der Waals surface area (Å²) in [5.74, 6) is 0.670. The van der Waals surface area contributed by atoms with E-state index in [1.165, 1.54) is 0 Å². The molecule has 1 amide bonds. The molecule has 0 atom stereocenters. The van der Waals surface area contributed by atoms with Gasteiger partial charge in [-0.15, -0.1) is 0 Å². The molecule has 0 saturated carbocycles. The minimum atomic E-state index is -0.610. The van der Waals surface area contributed by atoms with Gasteiger partial charge in [-0.1, -0.05) is 12.1 Å². The van der Waals surface area contributed by atoms with Gasteiger partial charge in [-0.3, -0.25) is 4.79 Å². The second kappa shape index (κ2) is 5.01. The molecular formula is C14H19N3O2. The summed E-state index contributed by atoms with van der Waals surface area (Å²) < 4.78 is 1.87. The molecular weight excluding hydrogens is 242 g/mol. The lowest BCUT2D eigenvalue weighted by molar-refractivity contribution is -0.123. The van der Waals surface area contributed by atoms with E-state index in [1.54, 1.807) is 13.8 Å². The number of hydrogen-bond donors (Lipinski definition) is 2. The molecule has 0 spiro atoms. The molecule has 19 heavy (non-hydrogen) atoms. The van der Waals surface area contributed by atoms with Crippen LogP contribution in [0.3, 0.4) is 0 Å². The molecule has 0 aliphatic carbocycles. The molecule has 0 saturated heterocycles. The highest BCUT2D eigenvalue weighted by Gasteiger charge is 2.20. The molecule has 0 bridgehead atoms. The first kappa shape index (κ1) is 13.5. The topological polar surface area (TPSA) is 67.2 Å². The maximum atomic E-state index is 12.0. The van der Waals surface area contributed by atoms with Gasteiger partial charge in [0.05, 0.1) is 23.2 Å². The monoisotopic (exact) mass is 261 g/mol. The second-order valence-corrected chi connectivity index (χ2v) is 5.32. The number of nitrogens with one attached hydrogen (secondary N) is 1. The van der Waals surface area contributed by atoms with E-state index in [2.05, 4.69) is 10.3 Å². The molecule has 2 aromatic rings. The van der Waals surface area contributed by atoms with E-state index in [0.717, 1.165) is 16.9 Å². The molecule has 1 aromatic carbocycles. The lowest BCUT2D eigenvalue weighted by Gasteiger charge is -2.23. The van der Waals surface area contributed by atoms with Crippen molar-refractivity contribution in [2.75, 3.05) is 6.61 Å². The highest BCUT2D eigenvalue weighted by molar-refractivity contribution is 5.81. The molecule has 5 heteroatoms. The Hall–Kier alpha value is -1.88. The SMILES string of the molecule is Cc1nc2ccccc2n1CC(=O)NC(C)(C)CO. The standard InChI is InChI=1S/C14H19N3O2/c1-10-15-11-6-4-5-7-12(11)17(10)8-13(19)16-14(2,3)9-18/h4-7,18H,8-9H2,1-3H3,(H,16,19). The highest BCUT2D eigenvalue weighted by atomic mass is 16.3. The zero-order chi connectivity index (χ0) is 14.0. The summed E-state index contributed by atoms with van der Waals surface area (Å²) in [6.45, 7) is 5.55. The van der Waals surface area contributed by atoms with Gasteiger partial charge in [0.25, 0.3) is 0 Å². The van der Waals surface area contributed by atoms with Crippen LogP contribution in [0.5, 0.6) is 0 Å². The average Bonchev–Trinajstić information content (AvgIpc) is 2.66. The Morgan fingerprint density at radius 3 is 2.79 bits per heavy atom. The van der Waals surface area contributed by atoms with Crippen LogP contribution in [0.25, 0.3) is 11.0 Å². The third-order valence-electron chi connectivity index (χ3n) is 3.02. The Morgan fingerprint density at radius 2 is 2.11 bits per heavy atom. The number of aliphatic hydroxyl groups excluding tert-OH is 1. The fourth-order valence-electron chi connectivity index (χ4n) is 2.00. The molecule has 1 aromatic heterocycles. The van der Waals surface area contributed by atoms with Crippen molar-refractivity contribution in [3.05, 3.63) is 30.1 Å². The number of nitrogens with zero attached hydrogens (tertiary/aromatic N) is 2. The number of benzene rings is 1. The number of aliphatic hydroxyl groups is 1. The molecule has 0 fully saturated rings. The minimum Gasteiger partial charge on any atom is -0.394 e. The van der Waals surface area contributed by atoms with Crippen molar-refractivity contribution in [2.45, 2.75) is 32.9 Å². The van der Waals surface area contributed by atoms with Crippen molar-refractivity contribution < 1.29 is 9.90 Å². The highest BCUT2D eigenvalue weighted by Crippen LogP contribution is 2.15. The number of hydrogen-bond acceptors (Lipinski definition) is 3. The van der Waals surface area contributed by atoms with Gasteiger partial charge < -0.3 is 15.0 Å². The number of fused-ring (bicyclic) bond motifs is 1. The van der Waals surface area contributed by atoms with Crippen molar-refractivity contribution in [3.8, 4) is 0 Å². The summed E-state index contributed by atoms with van der Waals surface area (Å²) in [6.07, 6.45) is 0. The first-order valence-corrected chi connectivity index (χ1v) is 6.27. The smallest absolute Gasteiger partial charge is 0.240 e. The number of carbonyl (C=O) groups is 1. The van der Waals surface area contributed by atoms with Crippen LogP contribution >= 0.6 is 0 Å². The largest absolute Gasteiger partial charge is 0.394 e. The number of carbonyl (C=O) groups excluding carboxylic acids is 1. The number of para-hydroxylation sites is 2. The zero-order valence-electron chi connectivity index (χ0n) is 11.5. The fourth-order valence-corrected chi connectivity index (χ4v) is 2.00. The summed E-state index contributed by atoms with van der Waals surface area (Å²) in [4.78, 5) is 16.4. The van der Waals surface area contributed by atoms with Crippen molar-refractivity contribution in [3.63, 3.8) is 0 Å². The Labute approximate surface area is 112 Å². The maximum Gasteiger partial charge on any atom is 0.240 e. The molecule has 1 heterocycles. The van der Waals surface area contributed by atoms with Crippen molar-refractivity contribution in [1.29, 1.82) is 0 Å². The van der Waals surface area contributed by atoms with Gasteiger partial charge in [0.1, 0.15) is 12.4 Å². The molecule has 0 unspecified atom stereocenters. The summed E-state index contributed by atoms with van der Waals surface area (Å²) in [7, 11) is 0. The van der Waals surface area contributed by atoms with Crippen LogP contribution in [0, 0.1) is 6.92 Å². The Bertz CT molecular complexity index is 602. The first-order chi connectivity index (χ1) is 8.93. The van der Waals surface area contributed by atoms with Crippen LogP contribution in [0.1, 0.15) is 19.7 Å². The van der Waals surface area contributed by atoms with E-state index < -0.39 is 5.54 Å². The van der Waals surface area contributed by atoms with Gasteiger partial charge in [0, 0.05) is 0 Å². The number of imidazole rings is 1. The number of rotatable bonds is 4. The molecule has 102 valence electrons. The maximum absolute atomic E-state index is 12.0. The summed E-state index contributed by atoms with van der Waals surface area (Å²) in [5.41, 5.74) is 1.22. The van der Waals surface area contributed by atoms with E-state index in [4.69, 9.17) is 5.11 Å². The fraction of sp³-hybridized carbons (Fsp3) is 0.429. The van der Waals surface area contributed by atoms with Crippen molar-refractivity contribution in [2.24, 2.45) is 0 Å². The number of aromatic nitrogens is 2. The quantitative estimate of drug-likeness (QED) is 0.870. The van der Waals surface area contributed by atoms with Crippen LogP contribution in [-0.4, -0.2) is 32.7 Å². The summed E-state index contributed by atoms with van der Waals surface area (Å²) in [5, 5.41) is 12.0. The third kappa shape index (κ3) is 2.93. The molecule has 0 aliphatic rings. The van der Waals surface area contributed by atoms with Crippen LogP contribution in [-0.2, 0) is 11.3 Å². The van der Waals surface area contributed by atoms with Gasteiger partial charge >= 0.3 is 0 Å². The normalized spacial score (nSPS) is 11.8. The molecule has 2 rings (SSSR count). The van der Waals surface area contributed by atoms with Crippen LogP contribution < -0.4 is 5.32 Å². The Kier molecular flexibility index (Phi) is 3.57. The van der Waals surface area contributed by atoms with E-state index >= 15 is 0 Å². The summed E-state index contributed by atoms with van der Waals surface area (Å²) >= 11 is 0. The zero-order valence-corrected chi connectivity index (χ0v) is 11.5. The van der Waals surface area contributed by atoms with Gasteiger partial charge in [-0.05, 0) is 32.9 Å². The predicted octanol–water partition coefficient (Wildman–Crippen LogP) is 1.23. The first-order valence-electron chi connectivity index (χ1n) is 6.27. The summed E-state index contributed by atoms with van der Waals surface area (Å²) in [6, 6.07) is 7.72. The van der Waals surface area contributed by atoms with Gasteiger partial charge in [0.2, 0.25) is 5.91 Å². The molecule has 5 nitrogen and oxygen atoms in total. The van der Waals surface area contributed by atoms with E-state index in [9.17, 15) is 4.79 Å². The van der Waals surface area contributed by atoms with Crippen LogP contribution in [0.15, 0.2) is 24.3 Å². The van der Waals surface area contributed by atoms with Gasteiger partial charge in [0.15, 0.2) is 0 Å². The predicted molar refractivity (Wildman–Crippen MR) is 73.8 cm³/mol. The lowest BCUT2D eigenvalue weighted by atomic mass is 10.1. The van der Waals surface area contributed by atoms with Crippen LogP contribution in [0.2, 0.25) is 0 Å². The van der Waals surface area contributed by atoms with Crippen molar-refractivity contribution >= 4 is 16.9 Å². The second-order valence-electron chi connectivity index (χ2n) is 5.32. The molecule has 0 radical (unpaired) electrons. The Balaban J connectivity index is 2.22. The van der Waals surface area contributed by atoms with Gasteiger partial charge in [-0.2, -0.15) is 0 Å². The third-order valence-corrected chi connectivity index (χ3v) is 3.02. The van der Waals surface area contributed by atoms with E-state index in [1.807, 2.05) is 35.8 Å². The lowest BCUT2D eigenvalue weighted by Crippen LogP contribution is -2.47. The minimum absolute atomic E-state index is 0.0948.